The van der Waals surface area contributed by atoms with Crippen molar-refractivity contribution >= 4 is 23.5 Å². The Kier molecular flexibility index (Phi) is 7.87. The number of nitrogens with zero attached hydrogens (tertiary/aromatic N) is 2. The van der Waals surface area contributed by atoms with Crippen LogP contribution in [0.3, 0.4) is 0 Å². The Morgan fingerprint density at radius 1 is 1.09 bits per heavy atom. The number of carboxylic acids is 1. The first-order chi connectivity index (χ1) is 16.1. The number of pyridine rings is 1. The summed E-state index contributed by atoms with van der Waals surface area (Å²) in [4.78, 5) is 40.8. The highest BCUT2D eigenvalue weighted by atomic mass is 19.4. The van der Waals surface area contributed by atoms with E-state index in [1.165, 1.54) is 0 Å². The van der Waals surface area contributed by atoms with E-state index in [0.29, 0.717) is 37.6 Å². The maximum absolute atomic E-state index is 13.1. The topological polar surface area (TPSA) is 109 Å². The highest BCUT2D eigenvalue weighted by Gasteiger charge is 2.51. The second-order valence-electron chi connectivity index (χ2n) is 8.11. The SMILES string of the molecule is O=C(Nc1cccnc1)C1CN(C(=O)c2ccccc2)CC12CCOCC2.O=C(O)C(F)(F)F. The third kappa shape index (κ3) is 6.10. The molecule has 3 heterocycles. The van der Waals surface area contributed by atoms with Gasteiger partial charge in [0, 0.05) is 43.5 Å². The normalized spacial score (nSPS) is 19.1. The minimum absolute atomic E-state index is 0.0156. The Balaban J connectivity index is 0.000000406. The molecule has 1 unspecified atom stereocenters. The summed E-state index contributed by atoms with van der Waals surface area (Å²) in [5, 5.41) is 10.1. The van der Waals surface area contributed by atoms with E-state index in [2.05, 4.69) is 10.3 Å². The first-order valence-electron chi connectivity index (χ1n) is 10.6. The zero-order valence-electron chi connectivity index (χ0n) is 18.1. The standard InChI is InChI=1S/C21H23N3O3.C2HF3O2/c25-19(23-17-7-4-10-22-13-17)18-14-24(15-21(18)8-11-27-12-9-21)20(26)16-5-2-1-3-6-16;3-2(4,5)1(6)7/h1-7,10,13,18H,8-9,11-12,14-15H2,(H,23,25);(H,6,7). The van der Waals surface area contributed by atoms with Crippen LogP contribution in [0.5, 0.6) is 0 Å². The summed E-state index contributed by atoms with van der Waals surface area (Å²) in [6.07, 6.45) is -0.199. The van der Waals surface area contributed by atoms with Crippen molar-refractivity contribution in [3.05, 3.63) is 60.4 Å². The van der Waals surface area contributed by atoms with E-state index in [4.69, 9.17) is 14.6 Å². The summed E-state index contributed by atoms with van der Waals surface area (Å²) in [6.45, 7) is 2.28. The predicted molar refractivity (Wildman–Crippen MR) is 115 cm³/mol. The van der Waals surface area contributed by atoms with Gasteiger partial charge in [-0.05, 0) is 37.1 Å². The lowest BCUT2D eigenvalue weighted by atomic mass is 9.71. The molecule has 2 aromatic rings. The van der Waals surface area contributed by atoms with Crippen LogP contribution in [0.25, 0.3) is 0 Å². The second kappa shape index (κ2) is 10.6. The van der Waals surface area contributed by atoms with Crippen LogP contribution in [-0.2, 0) is 14.3 Å². The number of alkyl halides is 3. The summed E-state index contributed by atoms with van der Waals surface area (Å²) in [6, 6.07) is 12.9. The minimum Gasteiger partial charge on any atom is -0.475 e. The third-order valence-corrected chi connectivity index (χ3v) is 5.93. The number of carboxylic acid groups (broad SMARTS) is 1. The monoisotopic (exact) mass is 479 g/mol. The van der Waals surface area contributed by atoms with E-state index in [1.54, 1.807) is 18.5 Å². The summed E-state index contributed by atoms with van der Waals surface area (Å²) in [5.41, 5.74) is 1.11. The summed E-state index contributed by atoms with van der Waals surface area (Å²) >= 11 is 0. The van der Waals surface area contributed by atoms with Crippen molar-refractivity contribution in [1.29, 1.82) is 0 Å². The molecule has 2 saturated heterocycles. The van der Waals surface area contributed by atoms with Gasteiger partial charge in [0.2, 0.25) is 5.91 Å². The first-order valence-corrected chi connectivity index (χ1v) is 10.6. The number of aliphatic carboxylic acids is 1. The fourth-order valence-electron chi connectivity index (χ4n) is 4.20. The molecule has 11 heteroatoms. The summed E-state index contributed by atoms with van der Waals surface area (Å²) in [5.74, 6) is -3.08. The quantitative estimate of drug-likeness (QED) is 0.700. The minimum atomic E-state index is -5.08. The van der Waals surface area contributed by atoms with Crippen molar-refractivity contribution in [2.75, 3.05) is 31.6 Å². The molecule has 34 heavy (non-hydrogen) atoms. The van der Waals surface area contributed by atoms with Gasteiger partial charge in [-0.15, -0.1) is 0 Å². The second-order valence-corrected chi connectivity index (χ2v) is 8.11. The van der Waals surface area contributed by atoms with Crippen molar-refractivity contribution in [2.45, 2.75) is 19.0 Å². The molecule has 8 nitrogen and oxygen atoms in total. The summed E-state index contributed by atoms with van der Waals surface area (Å²) in [7, 11) is 0. The van der Waals surface area contributed by atoms with Gasteiger partial charge in [0.1, 0.15) is 0 Å². The first kappa shape index (κ1) is 25.2. The number of aromatic nitrogens is 1. The predicted octanol–water partition coefficient (Wildman–Crippen LogP) is 3.22. The number of anilines is 1. The molecule has 0 radical (unpaired) electrons. The number of benzene rings is 1. The van der Waals surface area contributed by atoms with Gasteiger partial charge in [-0.25, -0.2) is 4.79 Å². The molecule has 1 aromatic heterocycles. The Hall–Kier alpha value is -3.47. The Labute approximate surface area is 193 Å². The maximum Gasteiger partial charge on any atom is 0.490 e. The molecule has 2 amide bonds. The zero-order chi connectivity index (χ0) is 24.8. The molecule has 1 spiro atoms. The van der Waals surface area contributed by atoms with E-state index in [1.807, 2.05) is 41.3 Å². The number of rotatable bonds is 3. The van der Waals surface area contributed by atoms with Crippen LogP contribution in [0.4, 0.5) is 18.9 Å². The largest absolute Gasteiger partial charge is 0.490 e. The molecule has 0 bridgehead atoms. The number of likely N-dealkylation sites (tertiary alicyclic amines) is 1. The van der Waals surface area contributed by atoms with Gasteiger partial charge in [0.15, 0.2) is 0 Å². The number of amides is 2. The number of nitrogens with one attached hydrogen (secondary N) is 1. The van der Waals surface area contributed by atoms with E-state index < -0.39 is 12.1 Å². The average Bonchev–Trinajstić information content (AvgIpc) is 3.18. The van der Waals surface area contributed by atoms with Crippen LogP contribution in [-0.4, -0.2) is 65.3 Å². The van der Waals surface area contributed by atoms with Crippen LogP contribution in [0.1, 0.15) is 23.2 Å². The van der Waals surface area contributed by atoms with Crippen molar-refractivity contribution in [3.8, 4) is 0 Å². The zero-order valence-corrected chi connectivity index (χ0v) is 18.1. The van der Waals surface area contributed by atoms with Crippen molar-refractivity contribution in [2.24, 2.45) is 11.3 Å². The van der Waals surface area contributed by atoms with E-state index in [-0.39, 0.29) is 23.1 Å². The highest BCUT2D eigenvalue weighted by molar-refractivity contribution is 5.97. The van der Waals surface area contributed by atoms with Crippen molar-refractivity contribution in [3.63, 3.8) is 0 Å². The molecule has 1 aromatic carbocycles. The molecule has 182 valence electrons. The van der Waals surface area contributed by atoms with E-state index in [9.17, 15) is 22.8 Å². The Bertz CT molecular complexity index is 996. The molecule has 4 rings (SSSR count). The molecular weight excluding hydrogens is 455 g/mol. The van der Waals surface area contributed by atoms with Gasteiger partial charge in [-0.2, -0.15) is 13.2 Å². The van der Waals surface area contributed by atoms with Crippen LogP contribution >= 0.6 is 0 Å². The van der Waals surface area contributed by atoms with E-state index in [0.717, 1.165) is 12.8 Å². The number of halogens is 3. The molecule has 0 aliphatic carbocycles. The van der Waals surface area contributed by atoms with Crippen LogP contribution < -0.4 is 5.32 Å². The fourth-order valence-corrected chi connectivity index (χ4v) is 4.20. The van der Waals surface area contributed by atoms with Gasteiger partial charge < -0.3 is 20.1 Å². The molecule has 2 fully saturated rings. The lowest BCUT2D eigenvalue weighted by Gasteiger charge is -2.37. The number of carbonyl (C=O) groups excluding carboxylic acids is 2. The van der Waals surface area contributed by atoms with Crippen molar-refractivity contribution in [1.82, 2.24) is 9.88 Å². The van der Waals surface area contributed by atoms with Crippen molar-refractivity contribution < 1.29 is 37.4 Å². The number of ether oxygens (including phenoxy) is 1. The van der Waals surface area contributed by atoms with E-state index >= 15 is 0 Å². The summed E-state index contributed by atoms with van der Waals surface area (Å²) < 4.78 is 37.3. The number of hydrogen-bond donors (Lipinski definition) is 2. The smallest absolute Gasteiger partial charge is 0.475 e. The Morgan fingerprint density at radius 3 is 2.29 bits per heavy atom. The molecule has 2 N–H and O–H groups in total. The van der Waals surface area contributed by atoms with Crippen LogP contribution in [0.2, 0.25) is 0 Å². The van der Waals surface area contributed by atoms with Gasteiger partial charge >= 0.3 is 12.1 Å². The lowest BCUT2D eigenvalue weighted by Crippen LogP contribution is -2.42. The fraction of sp³-hybridized carbons (Fsp3) is 0.391. The maximum atomic E-state index is 13.1. The lowest BCUT2D eigenvalue weighted by molar-refractivity contribution is -0.192. The molecule has 2 aliphatic rings. The molecular formula is C23H24F3N3O5. The van der Waals surface area contributed by atoms with Gasteiger partial charge in [-0.1, -0.05) is 18.2 Å². The highest BCUT2D eigenvalue weighted by Crippen LogP contribution is 2.45. The average molecular weight is 479 g/mol. The molecule has 2 aliphatic heterocycles. The number of hydrogen-bond acceptors (Lipinski definition) is 5. The number of carbonyl (C=O) groups is 3. The molecule has 1 atom stereocenters. The van der Waals surface area contributed by atoms with Gasteiger partial charge in [0.05, 0.1) is 17.8 Å². The van der Waals surface area contributed by atoms with Gasteiger partial charge in [-0.3, -0.25) is 14.6 Å². The van der Waals surface area contributed by atoms with Gasteiger partial charge in [0.25, 0.3) is 5.91 Å². The van der Waals surface area contributed by atoms with Crippen LogP contribution in [0.15, 0.2) is 54.9 Å². The third-order valence-electron chi connectivity index (χ3n) is 5.93. The Morgan fingerprint density at radius 2 is 1.74 bits per heavy atom. The van der Waals surface area contributed by atoms with Crippen LogP contribution in [0, 0.1) is 11.3 Å². The molecule has 0 saturated carbocycles.